The average Bonchev–Trinajstić information content (AvgIpc) is 3.05. The minimum Gasteiger partial charge on any atom is -0.311 e. The van der Waals surface area contributed by atoms with Gasteiger partial charge in [-0.2, -0.15) is 0 Å². The van der Waals surface area contributed by atoms with Gasteiger partial charge in [0.15, 0.2) is 0 Å². The molecule has 0 radical (unpaired) electrons. The zero-order valence-corrected chi connectivity index (χ0v) is 9.51. The monoisotopic (exact) mass is 219 g/mol. The Morgan fingerprint density at radius 1 is 1.25 bits per heavy atom. The Hall–Kier alpha value is -0.890. The second kappa shape index (κ2) is 3.85. The maximum absolute atomic E-state index is 12.9. The molecular weight excluding hydrogens is 201 g/mol. The van der Waals surface area contributed by atoms with Crippen molar-refractivity contribution in [2.75, 3.05) is 6.54 Å². The summed E-state index contributed by atoms with van der Waals surface area (Å²) in [5.41, 5.74) is 1.60. The zero-order chi connectivity index (χ0) is 11.0. The van der Waals surface area contributed by atoms with Crippen LogP contribution in [0.15, 0.2) is 24.3 Å². The summed E-state index contributed by atoms with van der Waals surface area (Å²) in [5, 5.41) is 3.70. The molecule has 1 saturated carbocycles. The van der Waals surface area contributed by atoms with Crippen LogP contribution >= 0.6 is 0 Å². The van der Waals surface area contributed by atoms with Gasteiger partial charge in [0, 0.05) is 5.54 Å². The molecule has 1 N–H and O–H groups in total. The van der Waals surface area contributed by atoms with Crippen molar-refractivity contribution in [1.29, 1.82) is 0 Å². The van der Waals surface area contributed by atoms with Gasteiger partial charge in [-0.25, -0.2) is 4.39 Å². The lowest BCUT2D eigenvalue weighted by molar-refractivity contribution is 0.323. The Morgan fingerprint density at radius 3 is 2.56 bits per heavy atom. The van der Waals surface area contributed by atoms with Gasteiger partial charge in [-0.3, -0.25) is 0 Å². The lowest BCUT2D eigenvalue weighted by Gasteiger charge is -2.30. The van der Waals surface area contributed by atoms with Crippen molar-refractivity contribution in [2.45, 2.75) is 37.6 Å². The molecule has 1 saturated heterocycles. The molecule has 1 nitrogen and oxygen atoms in total. The molecule has 1 aliphatic heterocycles. The van der Waals surface area contributed by atoms with Crippen LogP contribution in [0.25, 0.3) is 0 Å². The molecule has 3 rings (SSSR count). The zero-order valence-electron chi connectivity index (χ0n) is 9.51. The summed E-state index contributed by atoms with van der Waals surface area (Å²) in [4.78, 5) is 0. The van der Waals surface area contributed by atoms with Crippen LogP contribution in [0.2, 0.25) is 0 Å². The van der Waals surface area contributed by atoms with E-state index in [2.05, 4.69) is 5.32 Å². The molecule has 2 aliphatic rings. The number of hydrogen-bond donors (Lipinski definition) is 1. The molecule has 0 aromatic heterocycles. The minimum atomic E-state index is -0.136. The maximum atomic E-state index is 12.9. The van der Waals surface area contributed by atoms with Crippen molar-refractivity contribution in [1.82, 2.24) is 5.32 Å². The third kappa shape index (κ3) is 1.86. The van der Waals surface area contributed by atoms with Gasteiger partial charge >= 0.3 is 0 Å². The van der Waals surface area contributed by atoms with Crippen LogP contribution in [0.5, 0.6) is 0 Å². The van der Waals surface area contributed by atoms with Crippen molar-refractivity contribution in [3.05, 3.63) is 35.6 Å². The van der Waals surface area contributed by atoms with Gasteiger partial charge in [0.25, 0.3) is 0 Å². The number of halogens is 1. The summed E-state index contributed by atoms with van der Waals surface area (Å²) in [6.07, 6.45) is 6.38. The van der Waals surface area contributed by atoms with Gasteiger partial charge in [-0.15, -0.1) is 0 Å². The van der Waals surface area contributed by atoms with Crippen LogP contribution in [-0.2, 0) is 6.42 Å². The summed E-state index contributed by atoms with van der Waals surface area (Å²) in [7, 11) is 0. The molecule has 0 bridgehead atoms. The SMILES string of the molecule is Fc1ccc(C[C@]2(C3CC3)CCCN2)cc1. The molecule has 1 aromatic carbocycles. The maximum Gasteiger partial charge on any atom is 0.123 e. The first-order chi connectivity index (χ1) is 7.78. The number of hydrogen-bond acceptors (Lipinski definition) is 1. The van der Waals surface area contributed by atoms with E-state index in [1.165, 1.54) is 31.2 Å². The van der Waals surface area contributed by atoms with Crippen molar-refractivity contribution in [3.63, 3.8) is 0 Å². The van der Waals surface area contributed by atoms with Gasteiger partial charge in [-0.05, 0) is 62.3 Å². The first-order valence-corrected chi connectivity index (χ1v) is 6.28. The summed E-state index contributed by atoms with van der Waals surface area (Å²) >= 11 is 0. The molecule has 0 spiro atoms. The van der Waals surface area contributed by atoms with E-state index in [4.69, 9.17) is 0 Å². The molecule has 2 fully saturated rings. The van der Waals surface area contributed by atoms with E-state index >= 15 is 0 Å². The normalized spacial score (nSPS) is 29.6. The van der Waals surface area contributed by atoms with Gasteiger partial charge in [0.2, 0.25) is 0 Å². The molecule has 16 heavy (non-hydrogen) atoms. The highest BCUT2D eigenvalue weighted by atomic mass is 19.1. The largest absolute Gasteiger partial charge is 0.311 e. The first kappa shape index (κ1) is 10.3. The fourth-order valence-corrected chi connectivity index (χ4v) is 3.08. The van der Waals surface area contributed by atoms with Crippen LogP contribution in [0.4, 0.5) is 4.39 Å². The quantitative estimate of drug-likeness (QED) is 0.824. The predicted molar refractivity (Wildman–Crippen MR) is 62.8 cm³/mol. The van der Waals surface area contributed by atoms with Crippen LogP contribution < -0.4 is 5.32 Å². The van der Waals surface area contributed by atoms with Gasteiger partial charge in [-0.1, -0.05) is 12.1 Å². The highest BCUT2D eigenvalue weighted by molar-refractivity contribution is 5.21. The van der Waals surface area contributed by atoms with E-state index in [9.17, 15) is 4.39 Å². The number of rotatable bonds is 3. The summed E-state index contributed by atoms with van der Waals surface area (Å²) < 4.78 is 12.9. The standard InChI is InChI=1S/C14H18FN/c15-13-6-2-11(3-7-13)10-14(12-4-5-12)8-1-9-16-14/h2-3,6-7,12,16H,1,4-5,8-10H2/t14-/m0/s1. The van der Waals surface area contributed by atoms with E-state index in [1.54, 1.807) is 12.1 Å². The van der Waals surface area contributed by atoms with Crippen molar-refractivity contribution in [2.24, 2.45) is 5.92 Å². The van der Waals surface area contributed by atoms with Crippen molar-refractivity contribution >= 4 is 0 Å². The highest BCUT2D eigenvalue weighted by Crippen LogP contribution is 2.45. The highest BCUT2D eigenvalue weighted by Gasteiger charge is 2.46. The van der Waals surface area contributed by atoms with Crippen LogP contribution in [-0.4, -0.2) is 12.1 Å². The fraction of sp³-hybridized carbons (Fsp3) is 0.571. The Bertz CT molecular complexity index is 361. The lowest BCUT2D eigenvalue weighted by atomic mass is 9.84. The second-order valence-corrected chi connectivity index (χ2v) is 5.26. The second-order valence-electron chi connectivity index (χ2n) is 5.26. The predicted octanol–water partition coefficient (Wildman–Crippen LogP) is 2.90. The molecule has 0 amide bonds. The summed E-state index contributed by atoms with van der Waals surface area (Å²) in [6, 6.07) is 7.01. The molecular formula is C14H18FN. The molecule has 1 atom stereocenters. The lowest BCUT2D eigenvalue weighted by Crippen LogP contribution is -2.44. The van der Waals surface area contributed by atoms with Crippen LogP contribution in [0.1, 0.15) is 31.2 Å². The van der Waals surface area contributed by atoms with Gasteiger partial charge < -0.3 is 5.32 Å². The van der Waals surface area contributed by atoms with E-state index < -0.39 is 0 Å². The molecule has 2 heteroatoms. The van der Waals surface area contributed by atoms with Gasteiger partial charge in [0.05, 0.1) is 0 Å². The molecule has 1 aromatic rings. The smallest absolute Gasteiger partial charge is 0.123 e. The average molecular weight is 219 g/mol. The third-order valence-corrected chi connectivity index (χ3v) is 4.07. The van der Waals surface area contributed by atoms with Crippen molar-refractivity contribution in [3.8, 4) is 0 Å². The summed E-state index contributed by atoms with van der Waals surface area (Å²) in [5.74, 6) is 0.726. The molecule has 0 unspecified atom stereocenters. The Kier molecular flexibility index (Phi) is 2.47. The molecule has 1 aliphatic carbocycles. The number of nitrogens with one attached hydrogen (secondary N) is 1. The Balaban J connectivity index is 1.78. The van der Waals surface area contributed by atoms with E-state index in [1.807, 2.05) is 12.1 Å². The van der Waals surface area contributed by atoms with E-state index in [0.717, 1.165) is 18.9 Å². The van der Waals surface area contributed by atoms with Gasteiger partial charge in [0.1, 0.15) is 5.82 Å². The topological polar surface area (TPSA) is 12.0 Å². The molecule has 1 heterocycles. The first-order valence-electron chi connectivity index (χ1n) is 6.28. The van der Waals surface area contributed by atoms with Crippen LogP contribution in [0.3, 0.4) is 0 Å². The van der Waals surface area contributed by atoms with E-state index in [-0.39, 0.29) is 5.82 Å². The van der Waals surface area contributed by atoms with Crippen molar-refractivity contribution < 1.29 is 4.39 Å². The Morgan fingerprint density at radius 2 is 2.00 bits per heavy atom. The number of benzene rings is 1. The fourth-order valence-electron chi connectivity index (χ4n) is 3.08. The van der Waals surface area contributed by atoms with Crippen LogP contribution in [0, 0.1) is 11.7 Å². The van der Waals surface area contributed by atoms with E-state index in [0.29, 0.717) is 5.54 Å². The minimum absolute atomic E-state index is 0.136. The molecule has 86 valence electrons. The summed E-state index contributed by atoms with van der Waals surface area (Å²) in [6.45, 7) is 1.15. The third-order valence-electron chi connectivity index (χ3n) is 4.07. The Labute approximate surface area is 96.1 Å².